The molecule has 9 heteroatoms. The van der Waals surface area contributed by atoms with E-state index >= 15 is 0 Å². The van der Waals surface area contributed by atoms with E-state index in [2.05, 4.69) is 31.9 Å². The molecule has 0 fully saturated rings. The predicted octanol–water partition coefficient (Wildman–Crippen LogP) is 9.29. The highest BCUT2D eigenvalue weighted by atomic mass is 79.9. The summed E-state index contributed by atoms with van der Waals surface area (Å²) in [6.07, 6.45) is 1.62. The summed E-state index contributed by atoms with van der Waals surface area (Å²) < 4.78 is 0.841. The van der Waals surface area contributed by atoms with Gasteiger partial charge in [0.25, 0.3) is 11.8 Å². The molecule has 1 atom stereocenters. The Hall–Kier alpha value is -4.63. The van der Waals surface area contributed by atoms with E-state index in [1.165, 1.54) is 11.8 Å². The van der Waals surface area contributed by atoms with Crippen molar-refractivity contribution in [2.45, 2.75) is 17.1 Å². The monoisotopic (exact) mass is 709 g/mol. The lowest BCUT2D eigenvalue weighted by Crippen LogP contribution is -2.30. The maximum absolute atomic E-state index is 13.5. The zero-order valence-electron chi connectivity index (χ0n) is 24.7. The SMILES string of the molecule is Cc1ccc(NC(=O)C(Sc2ccc(NC(=O)/C(=C/c3cccc(Br)c3)NC(=O)c3ccccc3)cc2)c2ccccc2)cc1Cl. The summed E-state index contributed by atoms with van der Waals surface area (Å²) in [7, 11) is 0. The molecule has 1 unspecified atom stereocenters. The third-order valence-electron chi connectivity index (χ3n) is 6.83. The average molecular weight is 711 g/mol. The van der Waals surface area contributed by atoms with Crippen LogP contribution in [0.1, 0.15) is 32.3 Å². The molecule has 3 amide bonds. The first-order valence-corrected chi connectivity index (χ1v) is 16.3. The first-order chi connectivity index (χ1) is 22.2. The fourth-order valence-corrected chi connectivity index (χ4v) is 6.06. The van der Waals surface area contributed by atoms with Gasteiger partial charge in [-0.15, -0.1) is 11.8 Å². The molecule has 230 valence electrons. The summed E-state index contributed by atoms with van der Waals surface area (Å²) in [6.45, 7) is 1.91. The molecular weight excluding hydrogens is 682 g/mol. The fraction of sp³-hybridized carbons (Fsp3) is 0.0541. The summed E-state index contributed by atoms with van der Waals surface area (Å²) >= 11 is 11.1. The predicted molar refractivity (Wildman–Crippen MR) is 191 cm³/mol. The van der Waals surface area contributed by atoms with Crippen LogP contribution in [0.4, 0.5) is 11.4 Å². The van der Waals surface area contributed by atoms with E-state index in [1.807, 2.05) is 91.9 Å². The van der Waals surface area contributed by atoms with Crippen molar-refractivity contribution in [3.05, 3.63) is 165 Å². The van der Waals surface area contributed by atoms with E-state index in [0.717, 1.165) is 26.1 Å². The first kappa shape index (κ1) is 32.8. The van der Waals surface area contributed by atoms with E-state index in [9.17, 15) is 14.4 Å². The number of carbonyl (C=O) groups is 3. The van der Waals surface area contributed by atoms with Crippen molar-refractivity contribution in [1.29, 1.82) is 0 Å². The van der Waals surface area contributed by atoms with Crippen molar-refractivity contribution in [1.82, 2.24) is 5.32 Å². The number of aryl methyl sites for hydroxylation is 1. The molecule has 5 aromatic rings. The van der Waals surface area contributed by atoms with Crippen molar-refractivity contribution < 1.29 is 14.4 Å². The van der Waals surface area contributed by atoms with E-state index < -0.39 is 17.1 Å². The molecule has 0 aliphatic carbocycles. The minimum Gasteiger partial charge on any atom is -0.325 e. The van der Waals surface area contributed by atoms with E-state index in [-0.39, 0.29) is 11.6 Å². The maximum atomic E-state index is 13.5. The fourth-order valence-electron chi connectivity index (χ4n) is 4.44. The molecular formula is C37H29BrClN3O3S. The minimum absolute atomic E-state index is 0.0856. The molecule has 0 aromatic heterocycles. The molecule has 0 spiro atoms. The van der Waals surface area contributed by atoms with E-state index in [0.29, 0.717) is 22.0 Å². The lowest BCUT2D eigenvalue weighted by Gasteiger charge is -2.18. The van der Waals surface area contributed by atoms with Gasteiger partial charge in [-0.05, 0) is 90.4 Å². The summed E-state index contributed by atoms with van der Waals surface area (Å²) in [4.78, 5) is 40.7. The van der Waals surface area contributed by atoms with Gasteiger partial charge in [0.05, 0.1) is 0 Å². The van der Waals surface area contributed by atoms with Crippen LogP contribution in [0, 0.1) is 6.92 Å². The van der Waals surface area contributed by atoms with Crippen LogP contribution in [0.15, 0.2) is 142 Å². The summed E-state index contributed by atoms with van der Waals surface area (Å²) in [5.74, 6) is -1.07. The number of amides is 3. The van der Waals surface area contributed by atoms with Crippen LogP contribution < -0.4 is 16.0 Å². The molecule has 0 aliphatic heterocycles. The Morgan fingerprint density at radius 1 is 0.761 bits per heavy atom. The third kappa shape index (κ3) is 8.97. The van der Waals surface area contributed by atoms with Crippen LogP contribution in [0.2, 0.25) is 5.02 Å². The summed E-state index contributed by atoms with van der Waals surface area (Å²) in [5.41, 5.74) is 4.16. The van der Waals surface area contributed by atoms with Gasteiger partial charge in [-0.25, -0.2) is 0 Å². The van der Waals surface area contributed by atoms with Crippen LogP contribution in [0.25, 0.3) is 6.08 Å². The molecule has 0 saturated heterocycles. The lowest BCUT2D eigenvalue weighted by molar-refractivity contribution is -0.116. The lowest BCUT2D eigenvalue weighted by atomic mass is 10.1. The average Bonchev–Trinajstić information content (AvgIpc) is 3.06. The van der Waals surface area contributed by atoms with Gasteiger partial charge in [0.2, 0.25) is 5.91 Å². The number of nitrogens with one attached hydrogen (secondary N) is 3. The van der Waals surface area contributed by atoms with Crippen LogP contribution >= 0.6 is 39.3 Å². The number of benzene rings is 5. The van der Waals surface area contributed by atoms with Gasteiger partial charge >= 0.3 is 0 Å². The van der Waals surface area contributed by atoms with E-state index in [1.54, 1.807) is 48.5 Å². The Bertz CT molecular complexity index is 1880. The van der Waals surface area contributed by atoms with Crippen molar-refractivity contribution >= 4 is 74.5 Å². The number of carbonyl (C=O) groups excluding carboxylic acids is 3. The molecule has 5 aromatic carbocycles. The molecule has 46 heavy (non-hydrogen) atoms. The summed E-state index contributed by atoms with van der Waals surface area (Å²) in [6, 6.07) is 38.3. The Morgan fingerprint density at radius 3 is 2.11 bits per heavy atom. The van der Waals surface area contributed by atoms with Crippen molar-refractivity contribution in [2.24, 2.45) is 0 Å². The maximum Gasteiger partial charge on any atom is 0.272 e. The van der Waals surface area contributed by atoms with Crippen molar-refractivity contribution in [3.8, 4) is 0 Å². The molecule has 0 saturated carbocycles. The van der Waals surface area contributed by atoms with Crippen molar-refractivity contribution in [3.63, 3.8) is 0 Å². The van der Waals surface area contributed by atoms with Crippen LogP contribution in [-0.2, 0) is 9.59 Å². The van der Waals surface area contributed by atoms with Crippen LogP contribution in [-0.4, -0.2) is 17.7 Å². The molecule has 0 heterocycles. The van der Waals surface area contributed by atoms with Gasteiger partial charge < -0.3 is 16.0 Å². The van der Waals surface area contributed by atoms with E-state index in [4.69, 9.17) is 11.6 Å². The normalized spacial score (nSPS) is 11.8. The molecule has 5 rings (SSSR count). The minimum atomic E-state index is -0.547. The Kier molecular flexibility index (Phi) is 11.1. The Labute approximate surface area is 285 Å². The molecule has 0 bridgehead atoms. The number of hydrogen-bond acceptors (Lipinski definition) is 4. The number of thioether (sulfide) groups is 1. The van der Waals surface area contributed by atoms with Gasteiger partial charge in [-0.1, -0.05) is 94.3 Å². The van der Waals surface area contributed by atoms with Gasteiger partial charge in [0, 0.05) is 31.3 Å². The van der Waals surface area contributed by atoms with Gasteiger partial charge in [-0.3, -0.25) is 14.4 Å². The number of hydrogen-bond donors (Lipinski definition) is 3. The van der Waals surface area contributed by atoms with Crippen molar-refractivity contribution in [2.75, 3.05) is 10.6 Å². The third-order valence-corrected chi connectivity index (χ3v) is 9.00. The number of halogens is 2. The molecule has 0 aliphatic rings. The second-order valence-corrected chi connectivity index (χ2v) is 12.8. The van der Waals surface area contributed by atoms with Gasteiger partial charge in [-0.2, -0.15) is 0 Å². The second kappa shape index (κ2) is 15.6. The smallest absolute Gasteiger partial charge is 0.272 e. The summed E-state index contributed by atoms with van der Waals surface area (Å²) in [5, 5.41) is 8.65. The standard InChI is InChI=1S/C37H29BrClN3O3S/c1-24-15-16-30(23-32(24)39)41-37(45)34(26-10-4-2-5-11-26)46-31-19-17-29(18-20-31)40-36(44)33(22-25-9-8-14-28(38)21-25)42-35(43)27-12-6-3-7-13-27/h2-23,34H,1H3,(H,40,44)(H,41,45)(H,42,43)/b33-22-. The number of rotatable bonds is 10. The highest BCUT2D eigenvalue weighted by molar-refractivity contribution is 9.10. The highest BCUT2D eigenvalue weighted by Gasteiger charge is 2.23. The Balaban J connectivity index is 1.33. The second-order valence-electron chi connectivity index (χ2n) is 10.3. The highest BCUT2D eigenvalue weighted by Crippen LogP contribution is 2.37. The largest absolute Gasteiger partial charge is 0.325 e. The van der Waals surface area contributed by atoms with Crippen LogP contribution in [0.5, 0.6) is 0 Å². The van der Waals surface area contributed by atoms with Gasteiger partial charge in [0.15, 0.2) is 0 Å². The number of anilines is 2. The zero-order valence-corrected chi connectivity index (χ0v) is 27.8. The first-order valence-electron chi connectivity index (χ1n) is 14.3. The molecule has 6 nitrogen and oxygen atoms in total. The van der Waals surface area contributed by atoms with Gasteiger partial charge in [0.1, 0.15) is 10.9 Å². The Morgan fingerprint density at radius 2 is 1.43 bits per heavy atom. The molecule has 0 radical (unpaired) electrons. The topological polar surface area (TPSA) is 87.3 Å². The zero-order chi connectivity index (χ0) is 32.5. The quantitative estimate of drug-likeness (QED) is 0.0996. The molecule has 3 N–H and O–H groups in total. The van der Waals surface area contributed by atoms with Crippen LogP contribution in [0.3, 0.4) is 0 Å².